The van der Waals surface area contributed by atoms with E-state index in [1.165, 1.54) is 30.0 Å². The van der Waals surface area contributed by atoms with Gasteiger partial charge in [0.1, 0.15) is 11.8 Å². The lowest BCUT2D eigenvalue weighted by atomic mass is 10.2. The van der Waals surface area contributed by atoms with Crippen LogP contribution in [0.2, 0.25) is 0 Å². The molecule has 2 rings (SSSR count). The normalized spacial score (nSPS) is 11.0. The third-order valence-corrected chi connectivity index (χ3v) is 3.61. The lowest BCUT2D eigenvalue weighted by Crippen LogP contribution is -2.17. The molecule has 0 N–H and O–H groups in total. The van der Waals surface area contributed by atoms with Gasteiger partial charge in [0.05, 0.1) is 5.56 Å². The summed E-state index contributed by atoms with van der Waals surface area (Å²) in [6.45, 7) is 0. The highest BCUT2D eigenvalue weighted by Gasteiger charge is 2.32. The van der Waals surface area contributed by atoms with Gasteiger partial charge in [-0.3, -0.25) is 0 Å². The Morgan fingerprint density at radius 1 is 1.10 bits per heavy atom. The maximum atomic E-state index is 12.2. The first kappa shape index (κ1) is 15.3. The number of rotatable bonds is 4. The van der Waals surface area contributed by atoms with E-state index in [2.05, 4.69) is 4.74 Å². The monoisotopic (exact) mass is 309 g/mol. The van der Waals surface area contributed by atoms with E-state index in [-0.39, 0.29) is 5.56 Å². The fourth-order valence-corrected chi connectivity index (χ4v) is 2.53. The van der Waals surface area contributed by atoms with Crippen molar-refractivity contribution in [1.29, 1.82) is 5.26 Å². The summed E-state index contributed by atoms with van der Waals surface area (Å²) < 4.78 is 40.4. The molecule has 0 saturated heterocycles. The minimum absolute atomic E-state index is 0.134. The van der Waals surface area contributed by atoms with Crippen molar-refractivity contribution in [3.8, 4) is 11.8 Å². The molecule has 0 fully saturated rings. The van der Waals surface area contributed by atoms with E-state index in [1.807, 2.05) is 30.3 Å². The molecule has 0 unspecified atom stereocenters. The van der Waals surface area contributed by atoms with Crippen molar-refractivity contribution < 1.29 is 17.9 Å². The van der Waals surface area contributed by atoms with E-state index >= 15 is 0 Å². The van der Waals surface area contributed by atoms with Gasteiger partial charge in [-0.25, -0.2) is 0 Å². The molecule has 0 heterocycles. The van der Waals surface area contributed by atoms with Gasteiger partial charge in [-0.15, -0.1) is 24.9 Å². The number of thioether (sulfide) groups is 1. The minimum Gasteiger partial charge on any atom is -0.404 e. The predicted octanol–water partition coefficient (Wildman–Crippen LogP) is 4.75. The fourth-order valence-electron chi connectivity index (χ4n) is 1.64. The zero-order valence-corrected chi connectivity index (χ0v) is 11.5. The molecule has 0 radical (unpaired) electrons. The Labute approximate surface area is 124 Å². The molecular formula is C15H10F3NOS. The summed E-state index contributed by atoms with van der Waals surface area (Å²) in [7, 11) is 0. The lowest BCUT2D eigenvalue weighted by molar-refractivity contribution is -0.274. The molecule has 108 valence electrons. The summed E-state index contributed by atoms with van der Waals surface area (Å²) >= 11 is 1.44. The molecule has 2 aromatic rings. The van der Waals surface area contributed by atoms with Gasteiger partial charge < -0.3 is 4.74 Å². The van der Waals surface area contributed by atoms with Gasteiger partial charge in [-0.05, 0) is 23.8 Å². The molecule has 2 nitrogen and oxygen atoms in total. The maximum Gasteiger partial charge on any atom is 0.573 e. The van der Waals surface area contributed by atoms with Gasteiger partial charge in [-0.1, -0.05) is 30.3 Å². The number of benzene rings is 2. The second-order valence-corrected chi connectivity index (χ2v) is 5.14. The molecule has 2 aromatic carbocycles. The summed E-state index contributed by atoms with van der Waals surface area (Å²) in [5.41, 5.74) is 0.960. The smallest absolute Gasteiger partial charge is 0.404 e. The number of halogens is 3. The van der Waals surface area contributed by atoms with Crippen LogP contribution < -0.4 is 4.74 Å². The van der Waals surface area contributed by atoms with Gasteiger partial charge in [0.2, 0.25) is 0 Å². The largest absolute Gasteiger partial charge is 0.573 e. The Bertz CT molecular complexity index is 650. The van der Waals surface area contributed by atoms with Crippen molar-refractivity contribution in [3.05, 3.63) is 59.7 Å². The molecule has 6 heteroatoms. The van der Waals surface area contributed by atoms with Crippen LogP contribution in [0.4, 0.5) is 13.2 Å². The molecule has 0 aromatic heterocycles. The van der Waals surface area contributed by atoms with E-state index < -0.39 is 12.1 Å². The number of ether oxygens (including phenoxy) is 1. The predicted molar refractivity (Wildman–Crippen MR) is 73.8 cm³/mol. The van der Waals surface area contributed by atoms with Crippen molar-refractivity contribution in [2.45, 2.75) is 17.0 Å². The Balaban J connectivity index is 2.10. The van der Waals surface area contributed by atoms with Gasteiger partial charge in [0.25, 0.3) is 0 Å². The first-order chi connectivity index (χ1) is 9.98. The first-order valence-electron chi connectivity index (χ1n) is 5.94. The van der Waals surface area contributed by atoms with Crippen molar-refractivity contribution in [2.24, 2.45) is 0 Å². The molecule has 0 saturated carbocycles. The summed E-state index contributed by atoms with van der Waals surface area (Å²) in [5, 5.41) is 8.92. The quantitative estimate of drug-likeness (QED) is 0.764. The summed E-state index contributed by atoms with van der Waals surface area (Å²) in [6, 6.07) is 15.4. The Kier molecular flexibility index (Phi) is 4.76. The molecule has 0 aliphatic rings. The minimum atomic E-state index is -4.80. The fraction of sp³-hybridized carbons (Fsp3) is 0.133. The van der Waals surface area contributed by atoms with Crippen LogP contribution in [-0.4, -0.2) is 6.36 Å². The molecule has 0 bridgehead atoms. The Morgan fingerprint density at radius 3 is 2.43 bits per heavy atom. The molecule has 0 aliphatic heterocycles. The number of hydrogen-bond acceptors (Lipinski definition) is 3. The lowest BCUT2D eigenvalue weighted by Gasteiger charge is -2.11. The third kappa shape index (κ3) is 4.72. The maximum absolute atomic E-state index is 12.2. The number of nitrogens with zero attached hydrogens (tertiary/aromatic N) is 1. The SMILES string of the molecule is N#Cc1cc(SCc2ccccc2)ccc1OC(F)(F)F. The van der Waals surface area contributed by atoms with Crippen LogP contribution in [0.25, 0.3) is 0 Å². The van der Waals surface area contributed by atoms with Crippen molar-refractivity contribution >= 4 is 11.8 Å². The summed E-state index contributed by atoms with van der Waals surface area (Å²) in [6.07, 6.45) is -4.80. The van der Waals surface area contributed by atoms with Gasteiger partial charge in [0.15, 0.2) is 0 Å². The van der Waals surface area contributed by atoms with Crippen LogP contribution in [-0.2, 0) is 5.75 Å². The van der Waals surface area contributed by atoms with Gasteiger partial charge in [0, 0.05) is 10.6 Å². The zero-order chi connectivity index (χ0) is 15.3. The van der Waals surface area contributed by atoms with E-state index in [0.717, 1.165) is 5.56 Å². The highest BCUT2D eigenvalue weighted by Crippen LogP contribution is 2.31. The van der Waals surface area contributed by atoms with E-state index in [4.69, 9.17) is 5.26 Å². The summed E-state index contributed by atoms with van der Waals surface area (Å²) in [5.74, 6) is 0.194. The second kappa shape index (κ2) is 6.55. The topological polar surface area (TPSA) is 33.0 Å². The van der Waals surface area contributed by atoms with Crippen molar-refractivity contribution in [3.63, 3.8) is 0 Å². The molecule has 0 amide bonds. The van der Waals surface area contributed by atoms with Crippen LogP contribution in [0.5, 0.6) is 5.75 Å². The Morgan fingerprint density at radius 2 is 1.81 bits per heavy atom. The number of hydrogen-bond donors (Lipinski definition) is 0. The highest BCUT2D eigenvalue weighted by molar-refractivity contribution is 7.98. The molecule has 0 spiro atoms. The number of nitriles is 1. The highest BCUT2D eigenvalue weighted by atomic mass is 32.2. The molecule has 0 aliphatic carbocycles. The van der Waals surface area contributed by atoms with Gasteiger partial charge >= 0.3 is 6.36 Å². The van der Waals surface area contributed by atoms with Gasteiger partial charge in [-0.2, -0.15) is 5.26 Å². The van der Waals surface area contributed by atoms with Crippen molar-refractivity contribution in [2.75, 3.05) is 0 Å². The van der Waals surface area contributed by atoms with Crippen LogP contribution in [0, 0.1) is 11.3 Å². The van der Waals surface area contributed by atoms with Crippen LogP contribution in [0.1, 0.15) is 11.1 Å². The van der Waals surface area contributed by atoms with Crippen molar-refractivity contribution in [1.82, 2.24) is 0 Å². The molecule has 21 heavy (non-hydrogen) atoms. The zero-order valence-electron chi connectivity index (χ0n) is 10.7. The van der Waals surface area contributed by atoms with Crippen LogP contribution in [0.15, 0.2) is 53.4 Å². The third-order valence-electron chi connectivity index (χ3n) is 2.55. The van der Waals surface area contributed by atoms with Crippen LogP contribution in [0.3, 0.4) is 0 Å². The Hall–Kier alpha value is -2.13. The molecule has 0 atom stereocenters. The summed E-state index contributed by atoms with van der Waals surface area (Å²) in [4.78, 5) is 0.713. The second-order valence-electron chi connectivity index (χ2n) is 4.09. The van der Waals surface area contributed by atoms with Crippen LogP contribution >= 0.6 is 11.8 Å². The average molecular weight is 309 g/mol. The number of alkyl halides is 3. The standard InChI is InChI=1S/C15H10F3NOS/c16-15(17,18)20-14-7-6-13(8-12(14)9-19)21-10-11-4-2-1-3-5-11/h1-8H,10H2. The van der Waals surface area contributed by atoms with E-state index in [0.29, 0.717) is 10.6 Å². The van der Waals surface area contributed by atoms with E-state index in [1.54, 1.807) is 6.07 Å². The first-order valence-corrected chi connectivity index (χ1v) is 6.93. The molecular weight excluding hydrogens is 299 g/mol. The average Bonchev–Trinajstić information content (AvgIpc) is 2.46. The van der Waals surface area contributed by atoms with E-state index in [9.17, 15) is 13.2 Å².